The fraction of sp³-hybridized carbons (Fsp3) is 0.250. The van der Waals surface area contributed by atoms with Gasteiger partial charge in [0, 0.05) is 6.26 Å². The molecule has 1 atom stereocenters. The quantitative estimate of drug-likeness (QED) is 0.478. The van der Waals surface area contributed by atoms with Crippen LogP contribution in [0.4, 0.5) is 0 Å². The molecule has 0 aliphatic carbocycles. The summed E-state index contributed by atoms with van der Waals surface area (Å²) in [6, 6.07) is 0. The van der Waals surface area contributed by atoms with Crippen LogP contribution in [0.2, 0.25) is 0 Å². The molecule has 11 heavy (non-hydrogen) atoms. The molecular formula is C8H12O2S. The molecular weight excluding hydrogens is 160 g/mol. The first-order valence-corrected chi connectivity index (χ1v) is 4.55. The van der Waals surface area contributed by atoms with Crippen molar-refractivity contribution in [1.29, 1.82) is 0 Å². The highest BCUT2D eigenvalue weighted by molar-refractivity contribution is 7.79. The van der Waals surface area contributed by atoms with Crippen molar-refractivity contribution >= 4 is 11.1 Å². The van der Waals surface area contributed by atoms with Crippen molar-refractivity contribution < 1.29 is 8.39 Å². The number of rotatable bonds is 4. The lowest BCUT2D eigenvalue weighted by atomic mass is 10.3. The number of allylic oxidation sites excluding steroid dienone is 3. The Morgan fingerprint density at radius 3 is 2.36 bits per heavy atom. The van der Waals surface area contributed by atoms with E-state index in [2.05, 4.69) is 13.2 Å². The molecule has 0 saturated heterocycles. The van der Waals surface area contributed by atoms with Crippen molar-refractivity contribution in [3.63, 3.8) is 0 Å². The van der Waals surface area contributed by atoms with E-state index in [4.69, 9.17) is 4.18 Å². The van der Waals surface area contributed by atoms with Gasteiger partial charge >= 0.3 is 0 Å². The first-order valence-electron chi connectivity index (χ1n) is 3.06. The lowest BCUT2D eigenvalue weighted by molar-refractivity contribution is 0.479. The fourth-order valence-electron chi connectivity index (χ4n) is 0.414. The number of hydrogen-bond donors (Lipinski definition) is 0. The average Bonchev–Trinajstić information content (AvgIpc) is 1.82. The van der Waals surface area contributed by atoms with Crippen LogP contribution in [0.3, 0.4) is 0 Å². The molecule has 1 unspecified atom stereocenters. The van der Waals surface area contributed by atoms with E-state index in [1.165, 1.54) is 6.26 Å². The first-order chi connectivity index (χ1) is 5.02. The van der Waals surface area contributed by atoms with Gasteiger partial charge in [-0.25, -0.2) is 4.21 Å². The normalized spacial score (nSPS) is 12.9. The summed E-state index contributed by atoms with van der Waals surface area (Å²) in [5, 5.41) is 0. The smallest absolute Gasteiger partial charge is 0.203 e. The maximum absolute atomic E-state index is 10.5. The Labute approximate surface area is 69.9 Å². The van der Waals surface area contributed by atoms with Crippen molar-refractivity contribution in [2.45, 2.75) is 6.92 Å². The third-order valence-corrected chi connectivity index (χ3v) is 1.23. The van der Waals surface area contributed by atoms with E-state index in [1.54, 1.807) is 12.2 Å². The molecule has 2 nitrogen and oxygen atoms in total. The molecule has 0 heterocycles. The Morgan fingerprint density at radius 2 is 2.00 bits per heavy atom. The summed E-state index contributed by atoms with van der Waals surface area (Å²) in [7, 11) is 0. The molecule has 0 bridgehead atoms. The fourth-order valence-corrected chi connectivity index (χ4v) is 0.771. The molecule has 0 aromatic heterocycles. The lowest BCUT2D eigenvalue weighted by Gasteiger charge is -1.97. The first kappa shape index (κ1) is 10.2. The zero-order valence-electron chi connectivity index (χ0n) is 6.79. The van der Waals surface area contributed by atoms with Crippen LogP contribution in [0.5, 0.6) is 0 Å². The van der Waals surface area contributed by atoms with Gasteiger partial charge in [0.1, 0.15) is 5.76 Å². The van der Waals surface area contributed by atoms with Gasteiger partial charge in [-0.05, 0) is 13.0 Å². The van der Waals surface area contributed by atoms with Gasteiger partial charge in [0.25, 0.3) is 0 Å². The molecule has 0 aromatic carbocycles. The maximum Gasteiger partial charge on any atom is 0.203 e. The summed E-state index contributed by atoms with van der Waals surface area (Å²) in [6.45, 7) is 9.02. The zero-order chi connectivity index (χ0) is 8.85. The third-order valence-electron chi connectivity index (χ3n) is 0.778. The lowest BCUT2D eigenvalue weighted by Crippen LogP contribution is -1.90. The molecule has 0 amide bonds. The van der Waals surface area contributed by atoms with Gasteiger partial charge in [0.15, 0.2) is 0 Å². The summed E-state index contributed by atoms with van der Waals surface area (Å²) in [5.74, 6) is 0.383. The van der Waals surface area contributed by atoms with Crippen LogP contribution >= 0.6 is 0 Å². The molecule has 0 saturated carbocycles. The highest BCUT2D eigenvalue weighted by atomic mass is 32.2. The van der Waals surface area contributed by atoms with Crippen molar-refractivity contribution in [3.05, 3.63) is 36.6 Å². The second-order valence-corrected chi connectivity index (χ2v) is 3.10. The monoisotopic (exact) mass is 172 g/mol. The average molecular weight is 172 g/mol. The van der Waals surface area contributed by atoms with Crippen LogP contribution in [0.25, 0.3) is 0 Å². The molecule has 3 heteroatoms. The molecule has 62 valence electrons. The van der Waals surface area contributed by atoms with E-state index in [0.29, 0.717) is 5.76 Å². The van der Waals surface area contributed by atoms with E-state index >= 15 is 0 Å². The topological polar surface area (TPSA) is 26.3 Å². The molecule has 0 spiro atoms. The molecule has 0 aliphatic rings. The van der Waals surface area contributed by atoms with Gasteiger partial charge in [-0.1, -0.05) is 24.8 Å². The van der Waals surface area contributed by atoms with Gasteiger partial charge in [0.05, 0.1) is 0 Å². The molecule has 0 N–H and O–H groups in total. The molecule has 0 aliphatic heterocycles. The standard InChI is InChI=1S/C8H12O2S/c1-7(2)5-6-8(3)10-11(4)9/h5-6H,1,3H2,2,4H3/b6-5-. The van der Waals surface area contributed by atoms with Crippen molar-refractivity contribution in [3.8, 4) is 0 Å². The summed E-state index contributed by atoms with van der Waals surface area (Å²) >= 11 is -1.29. The summed E-state index contributed by atoms with van der Waals surface area (Å²) in [5.41, 5.74) is 0.900. The van der Waals surface area contributed by atoms with Crippen LogP contribution in [0.1, 0.15) is 6.92 Å². The van der Waals surface area contributed by atoms with Gasteiger partial charge in [0.2, 0.25) is 11.1 Å². The van der Waals surface area contributed by atoms with Crippen LogP contribution in [0.15, 0.2) is 36.6 Å². The number of hydrogen-bond acceptors (Lipinski definition) is 2. The third kappa shape index (κ3) is 7.06. The summed E-state index contributed by atoms with van der Waals surface area (Å²) in [4.78, 5) is 0. The van der Waals surface area contributed by atoms with E-state index in [0.717, 1.165) is 5.57 Å². The minimum absolute atomic E-state index is 0.383. The highest BCUT2D eigenvalue weighted by Gasteiger charge is 1.90. The van der Waals surface area contributed by atoms with Crippen molar-refractivity contribution in [2.24, 2.45) is 0 Å². The second-order valence-electron chi connectivity index (χ2n) is 2.13. The highest BCUT2D eigenvalue weighted by Crippen LogP contribution is 2.00. The Morgan fingerprint density at radius 1 is 1.45 bits per heavy atom. The van der Waals surface area contributed by atoms with E-state index in [-0.39, 0.29) is 0 Å². The summed E-state index contributed by atoms with van der Waals surface area (Å²) < 4.78 is 15.2. The van der Waals surface area contributed by atoms with Gasteiger partial charge in [-0.3, -0.25) is 0 Å². The van der Waals surface area contributed by atoms with Crippen molar-refractivity contribution in [1.82, 2.24) is 0 Å². The Kier molecular flexibility index (Phi) is 4.54. The molecule has 0 rings (SSSR count). The largest absolute Gasteiger partial charge is 0.401 e. The van der Waals surface area contributed by atoms with E-state index in [1.807, 2.05) is 6.92 Å². The minimum atomic E-state index is -1.29. The van der Waals surface area contributed by atoms with Crippen LogP contribution in [-0.2, 0) is 15.3 Å². The van der Waals surface area contributed by atoms with E-state index in [9.17, 15) is 4.21 Å². The van der Waals surface area contributed by atoms with Gasteiger partial charge in [-0.15, -0.1) is 0 Å². The predicted octanol–water partition coefficient (Wildman–Crippen LogP) is 1.94. The zero-order valence-corrected chi connectivity index (χ0v) is 7.61. The Bertz CT molecular complexity index is 216. The molecule has 0 aromatic rings. The van der Waals surface area contributed by atoms with Crippen LogP contribution in [-0.4, -0.2) is 10.5 Å². The van der Waals surface area contributed by atoms with Gasteiger partial charge in [-0.2, -0.15) is 0 Å². The summed E-state index contributed by atoms with van der Waals surface area (Å²) in [6.07, 6.45) is 4.82. The Hall–Kier alpha value is -0.830. The van der Waals surface area contributed by atoms with E-state index < -0.39 is 11.1 Å². The van der Waals surface area contributed by atoms with Crippen molar-refractivity contribution in [2.75, 3.05) is 6.26 Å². The SMILES string of the molecule is C=C(C)/C=C\C(=C)OS(C)=O. The molecule has 0 fully saturated rings. The van der Waals surface area contributed by atoms with Crippen LogP contribution < -0.4 is 0 Å². The van der Waals surface area contributed by atoms with Crippen LogP contribution in [0, 0.1) is 0 Å². The molecule has 0 radical (unpaired) electrons. The minimum Gasteiger partial charge on any atom is -0.401 e. The van der Waals surface area contributed by atoms with Gasteiger partial charge < -0.3 is 4.18 Å². The second kappa shape index (κ2) is 4.91. The Balaban J connectivity index is 3.88. The maximum atomic E-state index is 10.5. The predicted molar refractivity (Wildman–Crippen MR) is 48.2 cm³/mol.